The van der Waals surface area contributed by atoms with Gasteiger partial charge in [-0.25, -0.2) is 8.42 Å². The maximum atomic E-state index is 12.2. The Morgan fingerprint density at radius 1 is 1.35 bits per heavy atom. The zero-order valence-corrected chi connectivity index (χ0v) is 15.3. The second-order valence-corrected chi connectivity index (χ2v) is 8.24. The van der Waals surface area contributed by atoms with E-state index in [1.807, 2.05) is 0 Å². The van der Waals surface area contributed by atoms with Crippen LogP contribution >= 0.6 is 9.39 Å². The molecule has 7 nitrogen and oxygen atoms in total. The third-order valence-corrected chi connectivity index (χ3v) is 4.95. The minimum absolute atomic E-state index is 0.106. The number of amides is 1. The van der Waals surface area contributed by atoms with Crippen molar-refractivity contribution in [3.05, 3.63) is 24.3 Å². The van der Waals surface area contributed by atoms with Gasteiger partial charge in [0.25, 0.3) is 0 Å². The summed E-state index contributed by atoms with van der Waals surface area (Å²) >= 11 is 0. The first-order valence-electron chi connectivity index (χ1n) is 7.34. The van der Waals surface area contributed by atoms with Crippen LogP contribution in [0.2, 0.25) is 0 Å². The number of rotatable bonds is 5. The Labute approximate surface area is 139 Å². The van der Waals surface area contributed by atoms with Crippen molar-refractivity contribution in [3.8, 4) is 0 Å². The predicted molar refractivity (Wildman–Crippen MR) is 95.9 cm³/mol. The molecule has 0 spiro atoms. The SMILES string of the molecule is CC1CN(CC(=O)Nc2cccc(NS(C)(=O)=O)c2)CCN1P. The van der Waals surface area contributed by atoms with Crippen molar-refractivity contribution in [1.29, 1.82) is 0 Å². The van der Waals surface area contributed by atoms with Gasteiger partial charge in [-0.2, -0.15) is 0 Å². The predicted octanol–water partition coefficient (Wildman–Crippen LogP) is 0.793. The van der Waals surface area contributed by atoms with Gasteiger partial charge in [0.2, 0.25) is 15.9 Å². The highest BCUT2D eigenvalue weighted by Gasteiger charge is 2.22. The third-order valence-electron chi connectivity index (χ3n) is 3.58. The summed E-state index contributed by atoms with van der Waals surface area (Å²) in [7, 11) is -0.627. The molecule has 1 fully saturated rings. The Morgan fingerprint density at radius 3 is 2.70 bits per heavy atom. The van der Waals surface area contributed by atoms with Gasteiger partial charge in [0.05, 0.1) is 18.5 Å². The highest BCUT2D eigenvalue weighted by atomic mass is 32.2. The van der Waals surface area contributed by atoms with Crippen molar-refractivity contribution in [2.24, 2.45) is 0 Å². The third kappa shape index (κ3) is 6.06. The maximum Gasteiger partial charge on any atom is 0.238 e. The molecule has 2 unspecified atom stereocenters. The number of hydrogen-bond donors (Lipinski definition) is 2. The largest absolute Gasteiger partial charge is 0.325 e. The van der Waals surface area contributed by atoms with Crippen molar-refractivity contribution in [2.45, 2.75) is 13.0 Å². The van der Waals surface area contributed by atoms with Gasteiger partial charge in [-0.15, -0.1) is 0 Å². The Morgan fingerprint density at radius 2 is 2.04 bits per heavy atom. The number of nitrogens with one attached hydrogen (secondary N) is 2. The van der Waals surface area contributed by atoms with Gasteiger partial charge in [0, 0.05) is 31.4 Å². The summed E-state index contributed by atoms with van der Waals surface area (Å²) in [6, 6.07) is 7.05. The summed E-state index contributed by atoms with van der Waals surface area (Å²) in [5, 5.41) is 2.81. The van der Waals surface area contributed by atoms with Gasteiger partial charge >= 0.3 is 0 Å². The summed E-state index contributed by atoms with van der Waals surface area (Å²) in [4.78, 5) is 14.3. The minimum atomic E-state index is -3.33. The number of benzene rings is 1. The number of sulfonamides is 1. The van der Waals surface area contributed by atoms with E-state index in [1.165, 1.54) is 0 Å². The van der Waals surface area contributed by atoms with Gasteiger partial charge in [-0.05, 0) is 25.1 Å². The molecule has 23 heavy (non-hydrogen) atoms. The van der Waals surface area contributed by atoms with Crippen LogP contribution in [0.15, 0.2) is 24.3 Å². The van der Waals surface area contributed by atoms with E-state index in [2.05, 4.69) is 35.9 Å². The van der Waals surface area contributed by atoms with Crippen LogP contribution in [0.4, 0.5) is 11.4 Å². The van der Waals surface area contributed by atoms with Crippen LogP contribution in [0.5, 0.6) is 0 Å². The molecule has 2 N–H and O–H groups in total. The monoisotopic (exact) mass is 358 g/mol. The Bertz CT molecular complexity index is 668. The lowest BCUT2D eigenvalue weighted by molar-refractivity contribution is -0.117. The van der Waals surface area contributed by atoms with Crippen molar-refractivity contribution in [3.63, 3.8) is 0 Å². The second kappa shape index (κ2) is 7.57. The average molecular weight is 358 g/mol. The quantitative estimate of drug-likeness (QED) is 0.761. The van der Waals surface area contributed by atoms with E-state index in [4.69, 9.17) is 0 Å². The summed E-state index contributed by atoms with van der Waals surface area (Å²) < 4.78 is 27.1. The molecular formula is C14H23N4O3PS. The Balaban J connectivity index is 1.91. The summed E-state index contributed by atoms with van der Waals surface area (Å²) in [6.07, 6.45) is 1.09. The number of hydrogen-bond acceptors (Lipinski definition) is 5. The molecule has 2 atom stereocenters. The first-order valence-corrected chi connectivity index (χ1v) is 9.75. The molecule has 0 radical (unpaired) electrons. The van der Waals surface area contributed by atoms with Crippen molar-refractivity contribution >= 4 is 36.7 Å². The van der Waals surface area contributed by atoms with Crippen LogP contribution in [0.1, 0.15) is 6.92 Å². The average Bonchev–Trinajstić information content (AvgIpc) is 2.41. The fourth-order valence-electron chi connectivity index (χ4n) is 2.47. The lowest BCUT2D eigenvalue weighted by Crippen LogP contribution is -2.49. The summed E-state index contributed by atoms with van der Waals surface area (Å²) in [5.74, 6) is -0.106. The molecule has 1 aromatic carbocycles. The minimum Gasteiger partial charge on any atom is -0.325 e. The highest BCUT2D eigenvalue weighted by molar-refractivity contribution is 7.92. The molecular weight excluding hydrogens is 335 g/mol. The second-order valence-electron chi connectivity index (χ2n) is 5.83. The first-order chi connectivity index (χ1) is 10.7. The first kappa shape index (κ1) is 18.1. The van der Waals surface area contributed by atoms with Crippen LogP contribution < -0.4 is 10.0 Å². The molecule has 1 amide bonds. The van der Waals surface area contributed by atoms with E-state index in [1.54, 1.807) is 24.3 Å². The molecule has 1 aliphatic heterocycles. The van der Waals surface area contributed by atoms with E-state index in [0.717, 1.165) is 25.9 Å². The van der Waals surface area contributed by atoms with Gasteiger partial charge in [-0.1, -0.05) is 15.5 Å². The molecule has 128 valence electrons. The van der Waals surface area contributed by atoms with E-state index in [-0.39, 0.29) is 5.91 Å². The van der Waals surface area contributed by atoms with Gasteiger partial charge < -0.3 is 5.32 Å². The van der Waals surface area contributed by atoms with Crippen LogP contribution in [-0.4, -0.2) is 62.4 Å². The molecule has 0 aromatic heterocycles. The summed E-state index contributed by atoms with van der Waals surface area (Å²) in [6.45, 7) is 5.04. The maximum absolute atomic E-state index is 12.2. The molecule has 1 saturated heterocycles. The zero-order chi connectivity index (χ0) is 17.0. The Hall–Kier alpha value is -1.21. The molecule has 9 heteroatoms. The van der Waals surface area contributed by atoms with E-state index >= 15 is 0 Å². The highest BCUT2D eigenvalue weighted by Crippen LogP contribution is 2.17. The number of carbonyl (C=O) groups is 1. The molecule has 2 rings (SSSR count). The standard InChI is InChI=1S/C14H23N4O3PS/c1-11-9-17(6-7-18(11)22)10-14(19)15-12-4-3-5-13(8-12)16-23(2,20)21/h3-5,8,11,16H,6-7,9-10,22H2,1-2H3,(H,15,19). The number of nitrogens with zero attached hydrogens (tertiary/aromatic N) is 2. The molecule has 0 aliphatic carbocycles. The van der Waals surface area contributed by atoms with Gasteiger partial charge in [-0.3, -0.25) is 19.1 Å². The molecule has 1 aliphatic rings. The lowest BCUT2D eigenvalue weighted by atomic mass is 10.2. The number of carbonyl (C=O) groups excluding carboxylic acids is 1. The molecule has 0 saturated carbocycles. The van der Waals surface area contributed by atoms with E-state index in [0.29, 0.717) is 24.0 Å². The lowest BCUT2D eigenvalue weighted by Gasteiger charge is -2.36. The number of piperazine rings is 1. The van der Waals surface area contributed by atoms with Crippen LogP contribution in [0.3, 0.4) is 0 Å². The topological polar surface area (TPSA) is 81.8 Å². The van der Waals surface area contributed by atoms with Crippen molar-refractivity contribution in [2.75, 3.05) is 42.5 Å². The molecule has 0 bridgehead atoms. The van der Waals surface area contributed by atoms with Crippen molar-refractivity contribution < 1.29 is 13.2 Å². The Kier molecular flexibility index (Phi) is 5.97. The zero-order valence-electron chi connectivity index (χ0n) is 13.3. The molecule has 1 aromatic rings. The summed E-state index contributed by atoms with van der Waals surface area (Å²) in [5.41, 5.74) is 0.997. The van der Waals surface area contributed by atoms with Gasteiger partial charge in [0.15, 0.2) is 0 Å². The molecule has 1 heterocycles. The van der Waals surface area contributed by atoms with Gasteiger partial charge in [0.1, 0.15) is 0 Å². The van der Waals surface area contributed by atoms with E-state index in [9.17, 15) is 13.2 Å². The number of anilines is 2. The van der Waals surface area contributed by atoms with E-state index < -0.39 is 10.0 Å². The van der Waals surface area contributed by atoms with Crippen molar-refractivity contribution in [1.82, 2.24) is 9.57 Å². The van der Waals surface area contributed by atoms with Crippen LogP contribution in [0, 0.1) is 0 Å². The fourth-order valence-corrected chi connectivity index (χ4v) is 3.23. The smallest absolute Gasteiger partial charge is 0.238 e. The van der Waals surface area contributed by atoms with Crippen LogP contribution in [-0.2, 0) is 14.8 Å². The fraction of sp³-hybridized carbons (Fsp3) is 0.500. The van der Waals surface area contributed by atoms with Crippen LogP contribution in [0.25, 0.3) is 0 Å². The normalized spacial score (nSPS) is 20.2.